The highest BCUT2D eigenvalue weighted by molar-refractivity contribution is 5.72. The zero-order valence-corrected chi connectivity index (χ0v) is 10.6. The van der Waals surface area contributed by atoms with Crippen LogP contribution < -0.4 is 0 Å². The third-order valence-corrected chi connectivity index (χ3v) is 2.78. The monoisotopic (exact) mass is 244 g/mol. The molecule has 0 amide bonds. The fraction of sp³-hybridized carbons (Fsp3) is 0.286. The van der Waals surface area contributed by atoms with Gasteiger partial charge in [0, 0.05) is 6.20 Å². The van der Waals surface area contributed by atoms with Crippen molar-refractivity contribution in [3.8, 4) is 0 Å². The van der Waals surface area contributed by atoms with Crippen molar-refractivity contribution in [2.75, 3.05) is 7.11 Å². The number of methoxy groups -OCH3 is 1. The van der Waals surface area contributed by atoms with Crippen LogP contribution in [0.2, 0.25) is 0 Å². The molecule has 0 saturated carbocycles. The second-order valence-electron chi connectivity index (χ2n) is 4.24. The largest absolute Gasteiger partial charge is 0.469 e. The minimum absolute atomic E-state index is 0.223. The second-order valence-corrected chi connectivity index (χ2v) is 4.24. The van der Waals surface area contributed by atoms with Crippen LogP contribution in [-0.2, 0) is 22.5 Å². The van der Waals surface area contributed by atoms with Crippen molar-refractivity contribution in [3.63, 3.8) is 0 Å². The number of aryl methyl sites for hydroxylation is 1. The first-order valence-electron chi connectivity index (χ1n) is 5.81. The molecule has 0 fully saturated rings. The molecule has 0 aliphatic heterocycles. The van der Waals surface area contributed by atoms with Gasteiger partial charge in [-0.25, -0.2) is 0 Å². The average Bonchev–Trinajstić information content (AvgIpc) is 2.77. The summed E-state index contributed by atoms with van der Waals surface area (Å²) < 4.78 is 6.57. The van der Waals surface area contributed by atoms with Crippen molar-refractivity contribution >= 4 is 5.97 Å². The van der Waals surface area contributed by atoms with E-state index in [1.165, 1.54) is 7.11 Å². The summed E-state index contributed by atoms with van der Waals surface area (Å²) in [6, 6.07) is 7.85. The van der Waals surface area contributed by atoms with Gasteiger partial charge in [-0.15, -0.1) is 0 Å². The Morgan fingerprint density at radius 2 is 2.06 bits per heavy atom. The summed E-state index contributed by atoms with van der Waals surface area (Å²) in [6.07, 6.45) is 4.10. The molecule has 1 aromatic heterocycles. The van der Waals surface area contributed by atoms with Crippen molar-refractivity contribution in [2.24, 2.45) is 0 Å². The standard InChI is InChI=1S/C14H16N2O2/c1-11-8-15-16(9-11)10-13-6-4-3-5-12(13)7-14(17)18-2/h3-6,8-9H,7,10H2,1-2H3. The molecular weight excluding hydrogens is 228 g/mol. The molecule has 0 N–H and O–H groups in total. The van der Waals surface area contributed by atoms with Crippen LogP contribution >= 0.6 is 0 Å². The Kier molecular flexibility index (Phi) is 3.77. The van der Waals surface area contributed by atoms with Crippen LogP contribution in [-0.4, -0.2) is 22.9 Å². The topological polar surface area (TPSA) is 44.1 Å². The molecule has 4 nitrogen and oxygen atoms in total. The van der Waals surface area contributed by atoms with Crippen LogP contribution in [0.4, 0.5) is 0 Å². The Bertz CT molecular complexity index is 546. The lowest BCUT2D eigenvalue weighted by Gasteiger charge is -2.08. The number of nitrogens with zero attached hydrogens (tertiary/aromatic N) is 2. The van der Waals surface area contributed by atoms with Gasteiger partial charge in [0.2, 0.25) is 0 Å². The quantitative estimate of drug-likeness (QED) is 0.772. The van der Waals surface area contributed by atoms with E-state index >= 15 is 0 Å². The molecule has 1 aromatic carbocycles. The van der Waals surface area contributed by atoms with Gasteiger partial charge >= 0.3 is 5.97 Å². The zero-order chi connectivity index (χ0) is 13.0. The number of esters is 1. The summed E-state index contributed by atoms with van der Waals surface area (Å²) in [4.78, 5) is 11.3. The van der Waals surface area contributed by atoms with Crippen molar-refractivity contribution in [1.29, 1.82) is 0 Å². The molecule has 1 heterocycles. The zero-order valence-electron chi connectivity index (χ0n) is 10.6. The molecule has 0 aliphatic rings. The number of hydrogen-bond donors (Lipinski definition) is 0. The molecule has 2 aromatic rings. The van der Waals surface area contributed by atoms with E-state index in [0.29, 0.717) is 13.0 Å². The van der Waals surface area contributed by atoms with Gasteiger partial charge in [-0.2, -0.15) is 5.10 Å². The first-order valence-corrected chi connectivity index (χ1v) is 5.81. The highest BCUT2D eigenvalue weighted by atomic mass is 16.5. The summed E-state index contributed by atoms with van der Waals surface area (Å²) in [5.74, 6) is -0.223. The number of aromatic nitrogens is 2. The highest BCUT2D eigenvalue weighted by Crippen LogP contribution is 2.12. The molecular formula is C14H16N2O2. The van der Waals surface area contributed by atoms with Crippen molar-refractivity contribution < 1.29 is 9.53 Å². The van der Waals surface area contributed by atoms with Crippen LogP contribution in [0.5, 0.6) is 0 Å². The van der Waals surface area contributed by atoms with Gasteiger partial charge in [-0.1, -0.05) is 24.3 Å². The first-order chi connectivity index (χ1) is 8.69. The Balaban J connectivity index is 2.19. The first kappa shape index (κ1) is 12.4. The molecule has 0 aliphatic carbocycles. The smallest absolute Gasteiger partial charge is 0.309 e. The summed E-state index contributed by atoms with van der Waals surface area (Å²) in [7, 11) is 1.40. The Labute approximate surface area is 106 Å². The maximum Gasteiger partial charge on any atom is 0.309 e. The molecule has 0 bridgehead atoms. The summed E-state index contributed by atoms with van der Waals surface area (Å²) in [5.41, 5.74) is 3.20. The van der Waals surface area contributed by atoms with Crippen LogP contribution in [0.3, 0.4) is 0 Å². The SMILES string of the molecule is COC(=O)Cc1ccccc1Cn1cc(C)cn1. The van der Waals surface area contributed by atoms with Crippen molar-refractivity contribution in [3.05, 3.63) is 53.3 Å². The summed E-state index contributed by atoms with van der Waals surface area (Å²) in [6.45, 7) is 2.67. The number of carbonyl (C=O) groups excluding carboxylic acids is 1. The van der Waals surface area contributed by atoms with E-state index in [9.17, 15) is 4.79 Å². The van der Waals surface area contributed by atoms with Crippen LogP contribution in [0.25, 0.3) is 0 Å². The molecule has 0 atom stereocenters. The van der Waals surface area contributed by atoms with Crippen molar-refractivity contribution in [1.82, 2.24) is 9.78 Å². The number of carbonyl (C=O) groups is 1. The maximum absolute atomic E-state index is 11.3. The maximum atomic E-state index is 11.3. The van der Waals surface area contributed by atoms with Crippen LogP contribution in [0.15, 0.2) is 36.7 Å². The van der Waals surface area contributed by atoms with Crippen LogP contribution in [0.1, 0.15) is 16.7 Å². The van der Waals surface area contributed by atoms with Crippen LogP contribution in [0, 0.1) is 6.92 Å². The molecule has 0 spiro atoms. The predicted molar refractivity (Wildman–Crippen MR) is 68.2 cm³/mol. The van der Waals surface area contributed by atoms with Gasteiger partial charge in [0.15, 0.2) is 0 Å². The van der Waals surface area contributed by atoms with Crippen molar-refractivity contribution in [2.45, 2.75) is 19.9 Å². The Hall–Kier alpha value is -2.10. The molecule has 0 saturated heterocycles. The van der Waals surface area contributed by atoms with Gasteiger partial charge in [0.1, 0.15) is 0 Å². The minimum atomic E-state index is -0.223. The third kappa shape index (κ3) is 2.97. The van der Waals surface area contributed by atoms with E-state index in [1.807, 2.05) is 48.3 Å². The fourth-order valence-corrected chi connectivity index (χ4v) is 1.84. The van der Waals surface area contributed by atoms with E-state index in [0.717, 1.165) is 16.7 Å². The van der Waals surface area contributed by atoms with Gasteiger partial charge in [-0.3, -0.25) is 9.48 Å². The highest BCUT2D eigenvalue weighted by Gasteiger charge is 2.08. The molecule has 0 unspecified atom stereocenters. The van der Waals surface area contributed by atoms with E-state index < -0.39 is 0 Å². The summed E-state index contributed by atoms with van der Waals surface area (Å²) in [5, 5.41) is 4.25. The molecule has 18 heavy (non-hydrogen) atoms. The number of benzene rings is 1. The lowest BCUT2D eigenvalue weighted by Crippen LogP contribution is -2.09. The van der Waals surface area contributed by atoms with E-state index in [1.54, 1.807) is 0 Å². The normalized spacial score (nSPS) is 10.3. The number of ether oxygens (including phenoxy) is 1. The fourth-order valence-electron chi connectivity index (χ4n) is 1.84. The Morgan fingerprint density at radius 1 is 1.33 bits per heavy atom. The molecule has 2 rings (SSSR count). The molecule has 0 radical (unpaired) electrons. The Morgan fingerprint density at radius 3 is 2.67 bits per heavy atom. The average molecular weight is 244 g/mol. The number of rotatable bonds is 4. The predicted octanol–water partition coefficient (Wildman–Crippen LogP) is 1.96. The van der Waals surface area contributed by atoms with E-state index in [4.69, 9.17) is 4.74 Å². The molecule has 4 heteroatoms. The van der Waals surface area contributed by atoms with Gasteiger partial charge < -0.3 is 4.74 Å². The van der Waals surface area contributed by atoms with Gasteiger partial charge in [-0.05, 0) is 23.6 Å². The van der Waals surface area contributed by atoms with Gasteiger partial charge in [0.25, 0.3) is 0 Å². The minimum Gasteiger partial charge on any atom is -0.469 e. The van der Waals surface area contributed by atoms with E-state index in [-0.39, 0.29) is 5.97 Å². The van der Waals surface area contributed by atoms with Gasteiger partial charge in [0.05, 0.1) is 26.3 Å². The second kappa shape index (κ2) is 5.49. The lowest BCUT2D eigenvalue weighted by molar-refractivity contribution is -0.139. The number of hydrogen-bond acceptors (Lipinski definition) is 3. The lowest BCUT2D eigenvalue weighted by atomic mass is 10.0. The summed E-state index contributed by atoms with van der Waals surface area (Å²) >= 11 is 0. The van der Waals surface area contributed by atoms with E-state index in [2.05, 4.69) is 5.10 Å². The molecule has 94 valence electrons. The third-order valence-electron chi connectivity index (χ3n) is 2.78.